The van der Waals surface area contributed by atoms with E-state index >= 15 is 0 Å². The summed E-state index contributed by atoms with van der Waals surface area (Å²) in [6.07, 6.45) is 2.85. The number of hydrogen-bond acceptors (Lipinski definition) is 5. The Bertz CT molecular complexity index is 375. The third kappa shape index (κ3) is 5.22. The fourth-order valence-electron chi connectivity index (χ4n) is 0.815. The number of hydrogen-bond donors (Lipinski definition) is 0. The average molecular weight is 264 g/mol. The van der Waals surface area contributed by atoms with Gasteiger partial charge in [-0.3, -0.25) is 0 Å². The third-order valence-electron chi connectivity index (χ3n) is 1.43. The minimum Gasteiger partial charge on any atom is -0.399 e. The molecule has 1 heterocycles. The van der Waals surface area contributed by atoms with E-state index in [1.807, 2.05) is 0 Å². The maximum atomic E-state index is 11.7. The fourth-order valence-corrected chi connectivity index (χ4v) is 2.64. The van der Waals surface area contributed by atoms with E-state index in [1.54, 1.807) is 12.4 Å². The molecule has 0 amide bonds. The van der Waals surface area contributed by atoms with E-state index in [1.165, 1.54) is 30.2 Å². The maximum Gasteiger partial charge on any atom is 0.266 e. The van der Waals surface area contributed by atoms with Crippen LogP contribution in [-0.4, -0.2) is 24.1 Å². The molecule has 0 bridgehead atoms. The van der Waals surface area contributed by atoms with E-state index < -0.39 is 6.08 Å². The normalized spacial score (nSPS) is 10.7. The van der Waals surface area contributed by atoms with Crippen LogP contribution in [0, 0.1) is 0 Å². The first kappa shape index (κ1) is 13.1. The number of thioether (sulfide) groups is 1. The highest BCUT2D eigenvalue weighted by Gasteiger charge is 2.00. The van der Waals surface area contributed by atoms with Gasteiger partial charge in [0, 0.05) is 11.9 Å². The van der Waals surface area contributed by atoms with E-state index in [9.17, 15) is 8.78 Å². The van der Waals surface area contributed by atoms with E-state index in [-0.39, 0.29) is 0 Å². The zero-order valence-electron chi connectivity index (χ0n) is 8.52. The predicted molar refractivity (Wildman–Crippen MR) is 62.4 cm³/mol. The molecule has 0 aromatic carbocycles. The molecule has 0 fully saturated rings. The second-order valence-corrected chi connectivity index (χ2v) is 4.98. The van der Waals surface area contributed by atoms with Gasteiger partial charge in [-0.25, -0.2) is 4.98 Å². The monoisotopic (exact) mass is 264 g/mol. The molecular formula is C9H10F2N2OS2. The van der Waals surface area contributed by atoms with Crippen molar-refractivity contribution in [2.75, 3.05) is 12.9 Å². The smallest absolute Gasteiger partial charge is 0.266 e. The zero-order valence-corrected chi connectivity index (χ0v) is 10.2. The van der Waals surface area contributed by atoms with Crippen molar-refractivity contribution in [1.82, 2.24) is 4.98 Å². The number of allylic oxidation sites excluding steroid dienone is 1. The molecule has 0 aliphatic rings. The van der Waals surface area contributed by atoms with Gasteiger partial charge in [0.15, 0.2) is 0 Å². The first-order chi connectivity index (χ1) is 7.72. The molecular weight excluding hydrogens is 254 g/mol. The minimum absolute atomic E-state index is 0.341. The number of aromatic nitrogens is 1. The highest BCUT2D eigenvalue weighted by Crippen LogP contribution is 2.24. The second-order valence-electron chi connectivity index (χ2n) is 2.58. The molecule has 0 radical (unpaired) electrons. The van der Waals surface area contributed by atoms with Crippen LogP contribution in [0.3, 0.4) is 0 Å². The van der Waals surface area contributed by atoms with Gasteiger partial charge in [0.05, 0.1) is 11.1 Å². The van der Waals surface area contributed by atoms with Crippen LogP contribution in [0.5, 0.6) is 0 Å². The van der Waals surface area contributed by atoms with Gasteiger partial charge in [0.1, 0.15) is 11.4 Å². The number of nitrogens with zero attached hydrogens (tertiary/aromatic N) is 2. The van der Waals surface area contributed by atoms with Crippen LogP contribution in [0.1, 0.15) is 11.3 Å². The summed E-state index contributed by atoms with van der Waals surface area (Å²) in [6, 6.07) is 0. The Labute approximate surface area is 100 Å². The van der Waals surface area contributed by atoms with E-state index in [2.05, 4.69) is 15.0 Å². The molecule has 16 heavy (non-hydrogen) atoms. The molecule has 0 saturated carbocycles. The number of rotatable bonds is 6. The summed E-state index contributed by atoms with van der Waals surface area (Å²) < 4.78 is 24.3. The molecule has 0 spiro atoms. The van der Waals surface area contributed by atoms with Gasteiger partial charge in [-0.1, -0.05) is 16.9 Å². The van der Waals surface area contributed by atoms with Gasteiger partial charge in [0.2, 0.25) is 0 Å². The van der Waals surface area contributed by atoms with Crippen LogP contribution in [0.25, 0.3) is 0 Å². The topological polar surface area (TPSA) is 34.5 Å². The summed E-state index contributed by atoms with van der Waals surface area (Å²) in [5.74, 6) is 0.589. The van der Waals surface area contributed by atoms with Gasteiger partial charge in [-0.05, 0) is 12.5 Å². The van der Waals surface area contributed by atoms with Crippen molar-refractivity contribution in [2.45, 2.75) is 10.8 Å². The molecule has 0 unspecified atom stereocenters. The second kappa shape index (κ2) is 7.34. The Hall–Kier alpha value is -0.950. The maximum absolute atomic E-state index is 11.7. The molecule has 0 saturated heterocycles. The van der Waals surface area contributed by atoms with Gasteiger partial charge >= 0.3 is 0 Å². The number of halogens is 2. The molecule has 0 atom stereocenters. The summed E-state index contributed by atoms with van der Waals surface area (Å²) >= 11 is 2.89. The van der Waals surface area contributed by atoms with E-state index in [0.717, 1.165) is 15.3 Å². The lowest BCUT2D eigenvalue weighted by molar-refractivity contribution is 0.215. The first-order valence-corrected chi connectivity index (χ1v) is 6.19. The Morgan fingerprint density at radius 2 is 2.50 bits per heavy atom. The lowest BCUT2D eigenvalue weighted by Crippen LogP contribution is -1.75. The van der Waals surface area contributed by atoms with Gasteiger partial charge < -0.3 is 4.84 Å². The van der Waals surface area contributed by atoms with Crippen molar-refractivity contribution in [2.24, 2.45) is 5.16 Å². The van der Waals surface area contributed by atoms with Gasteiger partial charge in [0.25, 0.3) is 6.08 Å². The molecule has 1 aromatic rings. The summed E-state index contributed by atoms with van der Waals surface area (Å²) in [5.41, 5.74) is 0. The molecule has 7 heteroatoms. The van der Waals surface area contributed by atoms with Crippen molar-refractivity contribution >= 4 is 29.3 Å². The van der Waals surface area contributed by atoms with Crippen LogP contribution in [0.4, 0.5) is 8.78 Å². The van der Waals surface area contributed by atoms with Gasteiger partial charge in [-0.2, -0.15) is 8.78 Å². The number of thiazole rings is 1. The largest absolute Gasteiger partial charge is 0.399 e. The highest BCUT2D eigenvalue weighted by molar-refractivity contribution is 8.01. The SMILES string of the molecule is CO/N=C\c1cnc(SCCC=C(F)F)s1. The first-order valence-electron chi connectivity index (χ1n) is 4.38. The number of oxime groups is 1. The van der Waals surface area contributed by atoms with Crippen LogP contribution < -0.4 is 0 Å². The highest BCUT2D eigenvalue weighted by atomic mass is 32.2. The summed E-state index contributed by atoms with van der Waals surface area (Å²) in [4.78, 5) is 9.51. The van der Waals surface area contributed by atoms with Crippen molar-refractivity contribution in [1.29, 1.82) is 0 Å². The van der Waals surface area contributed by atoms with E-state index in [4.69, 9.17) is 0 Å². The van der Waals surface area contributed by atoms with Crippen LogP contribution in [0.2, 0.25) is 0 Å². The standard InChI is InChI=1S/C9H10F2N2OS2/c1-14-13-6-7-5-12-9(16-7)15-4-2-3-8(10)11/h3,5-6H,2,4H2,1H3/b13-6-. The molecule has 3 nitrogen and oxygen atoms in total. The van der Waals surface area contributed by atoms with Crippen molar-refractivity contribution in [3.05, 3.63) is 23.2 Å². The van der Waals surface area contributed by atoms with E-state index in [0.29, 0.717) is 12.2 Å². The Morgan fingerprint density at radius 3 is 3.19 bits per heavy atom. The van der Waals surface area contributed by atoms with Crippen LogP contribution >= 0.6 is 23.1 Å². The summed E-state index contributed by atoms with van der Waals surface area (Å²) in [7, 11) is 1.46. The predicted octanol–water partition coefficient (Wildman–Crippen LogP) is 3.39. The molecule has 0 aliphatic carbocycles. The summed E-state index contributed by atoms with van der Waals surface area (Å²) in [5, 5.41) is 3.60. The van der Waals surface area contributed by atoms with Crippen molar-refractivity contribution in [3.63, 3.8) is 0 Å². The summed E-state index contributed by atoms with van der Waals surface area (Å²) in [6.45, 7) is 0. The van der Waals surface area contributed by atoms with Gasteiger partial charge in [-0.15, -0.1) is 11.3 Å². The third-order valence-corrected chi connectivity index (χ3v) is 3.55. The van der Waals surface area contributed by atoms with Crippen LogP contribution in [-0.2, 0) is 4.84 Å². The Morgan fingerprint density at radius 1 is 1.69 bits per heavy atom. The lowest BCUT2D eigenvalue weighted by Gasteiger charge is -1.91. The Kier molecular flexibility index (Phi) is 6.02. The molecule has 0 aliphatic heterocycles. The molecule has 88 valence electrons. The van der Waals surface area contributed by atoms with Crippen molar-refractivity contribution in [3.8, 4) is 0 Å². The lowest BCUT2D eigenvalue weighted by atomic mass is 10.5. The molecule has 1 rings (SSSR count). The fraction of sp³-hybridized carbons (Fsp3) is 0.333. The van der Waals surface area contributed by atoms with Crippen LogP contribution in [0.15, 0.2) is 27.8 Å². The minimum atomic E-state index is -1.63. The van der Waals surface area contributed by atoms with Crippen molar-refractivity contribution < 1.29 is 13.6 Å². The Balaban J connectivity index is 2.35. The molecule has 1 aromatic heterocycles. The zero-order chi connectivity index (χ0) is 11.8. The average Bonchev–Trinajstić information content (AvgIpc) is 2.69. The molecule has 0 N–H and O–H groups in total. The quantitative estimate of drug-likeness (QED) is 0.342.